The topological polar surface area (TPSA) is 111 Å². The van der Waals surface area contributed by atoms with Crippen LogP contribution in [0, 0.1) is 0 Å². The first-order valence-corrected chi connectivity index (χ1v) is 11.1. The maximum Gasteiger partial charge on any atom is 0.251 e. The maximum absolute atomic E-state index is 12.8. The number of aromatic nitrogens is 6. The summed E-state index contributed by atoms with van der Waals surface area (Å²) in [5.74, 6) is 1.26. The highest BCUT2D eigenvalue weighted by Crippen LogP contribution is 2.27. The lowest BCUT2D eigenvalue weighted by Crippen LogP contribution is -2.31. The Balaban J connectivity index is 1.48. The van der Waals surface area contributed by atoms with Crippen molar-refractivity contribution in [3.63, 3.8) is 0 Å². The van der Waals surface area contributed by atoms with Crippen LogP contribution in [0.4, 0.5) is 5.69 Å². The van der Waals surface area contributed by atoms with Crippen LogP contribution in [0.5, 0.6) is 0 Å². The molecule has 174 valence electrons. The second kappa shape index (κ2) is 9.78. The summed E-state index contributed by atoms with van der Waals surface area (Å²) < 4.78 is 1.91. The van der Waals surface area contributed by atoms with Gasteiger partial charge in [0.1, 0.15) is 12.0 Å². The van der Waals surface area contributed by atoms with Crippen molar-refractivity contribution in [3.05, 3.63) is 83.8 Å². The van der Waals surface area contributed by atoms with Gasteiger partial charge in [0.05, 0.1) is 5.54 Å². The molecule has 0 fully saturated rings. The number of nitrogens with one attached hydrogen (secondary N) is 2. The molecule has 3 heterocycles. The summed E-state index contributed by atoms with van der Waals surface area (Å²) in [6, 6.07) is 11.2. The van der Waals surface area contributed by atoms with Crippen LogP contribution >= 0.6 is 0 Å². The number of nitrogens with zero attached hydrogens (tertiary/aromatic N) is 6. The van der Waals surface area contributed by atoms with E-state index in [4.69, 9.17) is 0 Å². The fourth-order valence-corrected chi connectivity index (χ4v) is 3.90. The number of carbonyl (C=O) groups is 1. The third-order valence-corrected chi connectivity index (χ3v) is 5.65. The lowest BCUT2D eigenvalue weighted by Gasteiger charge is -2.26. The SMILES string of the molecule is CCc1cnccc1CNC(=O)c1cccc(NC(C)(C)c2nnc(-c3ccncn3)n2C)c1. The van der Waals surface area contributed by atoms with E-state index in [1.54, 1.807) is 24.5 Å². The molecule has 0 saturated heterocycles. The Morgan fingerprint density at radius 1 is 1.06 bits per heavy atom. The molecule has 0 aliphatic heterocycles. The molecule has 2 N–H and O–H groups in total. The molecule has 0 aliphatic rings. The second-order valence-corrected chi connectivity index (χ2v) is 8.51. The number of anilines is 1. The van der Waals surface area contributed by atoms with Gasteiger partial charge in [-0.3, -0.25) is 9.78 Å². The van der Waals surface area contributed by atoms with Crippen LogP contribution in [0.3, 0.4) is 0 Å². The largest absolute Gasteiger partial charge is 0.373 e. The Kier molecular flexibility index (Phi) is 6.62. The predicted molar refractivity (Wildman–Crippen MR) is 130 cm³/mol. The van der Waals surface area contributed by atoms with Crippen molar-refractivity contribution in [3.8, 4) is 11.5 Å². The van der Waals surface area contributed by atoms with Crippen molar-refractivity contribution >= 4 is 11.6 Å². The number of amides is 1. The number of hydrogen-bond donors (Lipinski definition) is 2. The minimum atomic E-state index is -0.560. The Hall–Kier alpha value is -4.14. The van der Waals surface area contributed by atoms with Crippen molar-refractivity contribution in [2.75, 3.05) is 5.32 Å². The highest BCUT2D eigenvalue weighted by molar-refractivity contribution is 5.95. The number of aryl methyl sites for hydroxylation is 1. The molecule has 0 aliphatic carbocycles. The summed E-state index contributed by atoms with van der Waals surface area (Å²) in [4.78, 5) is 25.2. The van der Waals surface area contributed by atoms with E-state index < -0.39 is 5.54 Å². The Morgan fingerprint density at radius 3 is 2.65 bits per heavy atom. The normalized spacial score (nSPS) is 11.3. The summed E-state index contributed by atoms with van der Waals surface area (Å²) in [6.45, 7) is 6.57. The highest BCUT2D eigenvalue weighted by Gasteiger charge is 2.28. The molecule has 4 rings (SSSR count). The van der Waals surface area contributed by atoms with Crippen LogP contribution in [-0.4, -0.2) is 35.6 Å². The van der Waals surface area contributed by atoms with Gasteiger partial charge in [-0.2, -0.15) is 0 Å². The van der Waals surface area contributed by atoms with Gasteiger partial charge in [0.25, 0.3) is 5.91 Å². The number of rotatable bonds is 8. The zero-order valence-electron chi connectivity index (χ0n) is 19.8. The molecular weight excluding hydrogens is 428 g/mol. The van der Waals surface area contributed by atoms with Crippen molar-refractivity contribution in [2.45, 2.75) is 39.3 Å². The maximum atomic E-state index is 12.8. The van der Waals surface area contributed by atoms with Gasteiger partial charge >= 0.3 is 0 Å². The molecule has 4 aromatic rings. The lowest BCUT2D eigenvalue weighted by atomic mass is 10.0. The van der Waals surface area contributed by atoms with Gasteiger partial charge in [0, 0.05) is 43.4 Å². The van der Waals surface area contributed by atoms with E-state index in [9.17, 15) is 4.79 Å². The quantitative estimate of drug-likeness (QED) is 0.417. The van der Waals surface area contributed by atoms with Crippen molar-refractivity contribution in [1.82, 2.24) is 35.0 Å². The Morgan fingerprint density at radius 2 is 1.88 bits per heavy atom. The van der Waals surface area contributed by atoms with E-state index in [0.29, 0.717) is 23.6 Å². The third kappa shape index (κ3) is 4.93. The van der Waals surface area contributed by atoms with Gasteiger partial charge in [-0.05, 0) is 61.7 Å². The summed E-state index contributed by atoms with van der Waals surface area (Å²) in [5.41, 5.74) is 3.73. The van der Waals surface area contributed by atoms with Gasteiger partial charge in [-0.25, -0.2) is 9.97 Å². The van der Waals surface area contributed by atoms with Crippen molar-refractivity contribution in [2.24, 2.45) is 7.05 Å². The van der Waals surface area contributed by atoms with E-state index in [1.165, 1.54) is 6.33 Å². The fraction of sp³-hybridized carbons (Fsp3) is 0.280. The van der Waals surface area contributed by atoms with E-state index in [1.807, 2.05) is 55.9 Å². The smallest absolute Gasteiger partial charge is 0.251 e. The van der Waals surface area contributed by atoms with Crippen LogP contribution in [0.25, 0.3) is 11.5 Å². The Bertz CT molecular complexity index is 1280. The molecule has 0 unspecified atom stereocenters. The predicted octanol–water partition coefficient (Wildman–Crippen LogP) is 3.51. The van der Waals surface area contributed by atoms with Crippen molar-refractivity contribution in [1.29, 1.82) is 0 Å². The summed E-state index contributed by atoms with van der Waals surface area (Å²) in [5, 5.41) is 15.2. The average Bonchev–Trinajstić information content (AvgIpc) is 3.25. The Labute approximate surface area is 198 Å². The first kappa shape index (κ1) is 23.0. The number of hydrogen-bond acceptors (Lipinski definition) is 7. The van der Waals surface area contributed by atoms with Gasteiger partial charge in [0.2, 0.25) is 0 Å². The molecule has 1 aromatic carbocycles. The van der Waals surface area contributed by atoms with Gasteiger partial charge in [-0.1, -0.05) is 13.0 Å². The molecule has 0 bridgehead atoms. The molecule has 9 nitrogen and oxygen atoms in total. The zero-order valence-corrected chi connectivity index (χ0v) is 19.8. The van der Waals surface area contributed by atoms with E-state index in [-0.39, 0.29) is 5.91 Å². The minimum absolute atomic E-state index is 0.134. The summed E-state index contributed by atoms with van der Waals surface area (Å²) in [7, 11) is 1.91. The number of carbonyl (C=O) groups excluding carboxylic acids is 1. The lowest BCUT2D eigenvalue weighted by molar-refractivity contribution is 0.0951. The van der Waals surface area contributed by atoms with Gasteiger partial charge in [0.15, 0.2) is 11.6 Å². The van der Waals surface area contributed by atoms with Crippen LogP contribution in [0.1, 0.15) is 48.1 Å². The number of pyridine rings is 1. The molecule has 9 heteroatoms. The van der Waals surface area contributed by atoms with Crippen LogP contribution < -0.4 is 10.6 Å². The zero-order chi connectivity index (χ0) is 24.1. The molecule has 3 aromatic heterocycles. The summed E-state index contributed by atoms with van der Waals surface area (Å²) in [6.07, 6.45) is 7.62. The van der Waals surface area contributed by atoms with Crippen molar-refractivity contribution < 1.29 is 4.79 Å². The van der Waals surface area contributed by atoms with Crippen LogP contribution in [-0.2, 0) is 25.6 Å². The van der Waals surface area contributed by atoms with Crippen LogP contribution in [0.2, 0.25) is 0 Å². The molecule has 1 amide bonds. The average molecular weight is 457 g/mol. The summed E-state index contributed by atoms with van der Waals surface area (Å²) >= 11 is 0. The van der Waals surface area contributed by atoms with E-state index >= 15 is 0 Å². The number of benzene rings is 1. The monoisotopic (exact) mass is 456 g/mol. The fourth-order valence-electron chi connectivity index (χ4n) is 3.90. The first-order chi connectivity index (χ1) is 16.4. The van der Waals surface area contributed by atoms with E-state index in [0.717, 1.165) is 29.1 Å². The second-order valence-electron chi connectivity index (χ2n) is 8.51. The van der Waals surface area contributed by atoms with Gasteiger partial charge in [-0.15, -0.1) is 10.2 Å². The molecule has 0 spiro atoms. The standard InChI is InChI=1S/C25H28N8O/c1-5-17-14-26-11-9-19(17)15-28-23(34)18-7-6-8-20(13-18)30-25(2,3)24-32-31-22(33(24)4)21-10-12-27-16-29-21/h6-14,16,30H,5,15H2,1-4H3,(H,28,34). The molecular formula is C25H28N8O. The van der Waals surface area contributed by atoms with E-state index in [2.05, 4.69) is 42.7 Å². The minimum Gasteiger partial charge on any atom is -0.373 e. The van der Waals surface area contributed by atoms with Gasteiger partial charge < -0.3 is 15.2 Å². The van der Waals surface area contributed by atoms with Crippen LogP contribution in [0.15, 0.2) is 61.3 Å². The highest BCUT2D eigenvalue weighted by atomic mass is 16.1. The molecule has 0 saturated carbocycles. The molecule has 34 heavy (non-hydrogen) atoms. The molecule has 0 radical (unpaired) electrons. The first-order valence-electron chi connectivity index (χ1n) is 11.1. The molecule has 0 atom stereocenters. The third-order valence-electron chi connectivity index (χ3n) is 5.65.